The first-order chi connectivity index (χ1) is 24.7. The van der Waals surface area contributed by atoms with Gasteiger partial charge in [-0.05, 0) is 50.4 Å². The van der Waals surface area contributed by atoms with E-state index in [0.717, 1.165) is 18.6 Å². The van der Waals surface area contributed by atoms with Crippen LogP contribution in [0.3, 0.4) is 0 Å². The molecular formula is C35H32F7N7O2S. The Morgan fingerprint density at radius 2 is 2.02 bits per heavy atom. The summed E-state index contributed by atoms with van der Waals surface area (Å²) in [5.41, 5.74) is 1.59. The van der Waals surface area contributed by atoms with Gasteiger partial charge in [-0.15, -0.1) is 11.3 Å². The number of hydrogen-bond acceptors (Lipinski definition) is 9. The predicted octanol–water partition coefficient (Wildman–Crippen LogP) is 7.13. The minimum Gasteiger partial charge on any atom is -0.461 e. The van der Waals surface area contributed by atoms with E-state index in [9.17, 15) is 23.2 Å². The number of carbonyl (C=O) groups excluding carboxylic acids is 1. The van der Waals surface area contributed by atoms with Gasteiger partial charge in [-0.1, -0.05) is 12.6 Å². The summed E-state index contributed by atoms with van der Waals surface area (Å²) in [6, 6.07) is 3.39. The van der Waals surface area contributed by atoms with Crippen molar-refractivity contribution in [3.8, 4) is 23.2 Å². The second kappa shape index (κ2) is 13.1. The van der Waals surface area contributed by atoms with Gasteiger partial charge in [0.2, 0.25) is 0 Å². The van der Waals surface area contributed by atoms with Gasteiger partial charge in [-0.3, -0.25) is 9.69 Å². The van der Waals surface area contributed by atoms with E-state index in [1.807, 2.05) is 4.90 Å². The van der Waals surface area contributed by atoms with Crippen LogP contribution in [0.1, 0.15) is 43.7 Å². The molecule has 0 radical (unpaired) electrons. The van der Waals surface area contributed by atoms with Gasteiger partial charge in [0.05, 0.1) is 21.4 Å². The molecule has 52 heavy (non-hydrogen) atoms. The molecule has 17 heteroatoms. The Morgan fingerprint density at radius 3 is 2.71 bits per heavy atom. The van der Waals surface area contributed by atoms with Crippen LogP contribution < -0.4 is 15.4 Å². The van der Waals surface area contributed by atoms with Crippen LogP contribution in [0.4, 0.5) is 41.6 Å². The predicted molar refractivity (Wildman–Crippen MR) is 181 cm³/mol. The monoisotopic (exact) mass is 747 g/mol. The standard InChI is InChI=1S/C35H32F7N7O2S/c1-3-49(19-7-10-47(15-19)32(50)17(2)36)31-21-11-23(35(40,41)42)26(20-5-6-24(38)29-25(20)22(13-43)30(44)52-29)27(39)28(21)45-33(46-31)51-16-34-8-4-9-48(34)14-18(37)12-34/h5-6,11,18-19H,2-4,7-10,12,14-16,44H2,1H3. The number of aromatic nitrogens is 2. The average molecular weight is 748 g/mol. The van der Waals surface area contributed by atoms with Gasteiger partial charge in [0.15, 0.2) is 11.6 Å². The second-order valence-electron chi connectivity index (χ2n) is 13.3. The lowest BCUT2D eigenvalue weighted by Gasteiger charge is -2.32. The van der Waals surface area contributed by atoms with Crippen LogP contribution in [0.15, 0.2) is 30.6 Å². The first-order valence-electron chi connectivity index (χ1n) is 16.6. The van der Waals surface area contributed by atoms with E-state index >= 15 is 17.6 Å². The number of hydrogen-bond donors (Lipinski definition) is 1. The molecule has 3 aliphatic heterocycles. The van der Waals surface area contributed by atoms with Gasteiger partial charge < -0.3 is 20.3 Å². The summed E-state index contributed by atoms with van der Waals surface area (Å²) in [6.45, 7) is 5.79. The Labute approximate surface area is 297 Å². The molecule has 3 aliphatic rings. The van der Waals surface area contributed by atoms with Crippen LogP contribution >= 0.6 is 11.3 Å². The first-order valence-corrected chi connectivity index (χ1v) is 17.4. The molecule has 274 valence electrons. The van der Waals surface area contributed by atoms with Crippen molar-refractivity contribution in [1.82, 2.24) is 19.8 Å². The fourth-order valence-electron chi connectivity index (χ4n) is 8.05. The van der Waals surface area contributed by atoms with E-state index in [-0.39, 0.29) is 83.5 Å². The Balaban J connectivity index is 1.45. The summed E-state index contributed by atoms with van der Waals surface area (Å²) in [6.07, 6.45) is -4.36. The van der Waals surface area contributed by atoms with Crippen LogP contribution in [-0.2, 0) is 11.0 Å². The van der Waals surface area contributed by atoms with Crippen molar-refractivity contribution < 1.29 is 40.3 Å². The molecule has 2 aromatic carbocycles. The maximum absolute atomic E-state index is 17.2. The maximum atomic E-state index is 17.2. The van der Waals surface area contributed by atoms with Crippen molar-refractivity contribution >= 4 is 49.1 Å². The minimum absolute atomic E-state index is 0.0238. The van der Waals surface area contributed by atoms with Crippen LogP contribution in [0.2, 0.25) is 0 Å². The van der Waals surface area contributed by atoms with Crippen LogP contribution in [0, 0.1) is 23.0 Å². The zero-order valence-electron chi connectivity index (χ0n) is 27.8. The molecule has 5 heterocycles. The third-order valence-corrected chi connectivity index (χ3v) is 11.4. The average Bonchev–Trinajstić information content (AvgIpc) is 3.86. The third kappa shape index (κ3) is 5.85. The third-order valence-electron chi connectivity index (χ3n) is 10.4. The van der Waals surface area contributed by atoms with E-state index in [1.165, 1.54) is 4.90 Å². The lowest BCUT2D eigenvalue weighted by atomic mass is 9.92. The second-order valence-corrected chi connectivity index (χ2v) is 14.4. The van der Waals surface area contributed by atoms with E-state index in [1.54, 1.807) is 17.9 Å². The summed E-state index contributed by atoms with van der Waals surface area (Å²) < 4.78 is 111. The van der Waals surface area contributed by atoms with Crippen molar-refractivity contribution in [1.29, 1.82) is 5.26 Å². The van der Waals surface area contributed by atoms with Gasteiger partial charge in [0, 0.05) is 55.0 Å². The number of thiophene rings is 1. The SMILES string of the molecule is C=C(F)C(=O)N1CCC(N(CC)c2nc(OCC34CCCN3CC(F)C4)nc3c(F)c(-c4ccc(F)c5sc(N)c(C#N)c45)c(C(F)(F)F)cc23)C1. The van der Waals surface area contributed by atoms with Crippen molar-refractivity contribution in [2.45, 2.75) is 56.5 Å². The Kier molecular flexibility index (Phi) is 8.97. The molecule has 2 N–H and O–H groups in total. The maximum Gasteiger partial charge on any atom is 0.417 e. The highest BCUT2D eigenvalue weighted by atomic mass is 32.1. The molecule has 3 unspecified atom stereocenters. The Hall–Kier alpha value is -4.69. The zero-order valence-corrected chi connectivity index (χ0v) is 28.6. The number of nitrogen functional groups attached to an aromatic ring is 1. The number of anilines is 2. The first kappa shape index (κ1) is 35.7. The number of benzene rings is 2. The van der Waals surface area contributed by atoms with Crippen LogP contribution in [-0.4, -0.2) is 82.8 Å². The molecule has 9 nitrogen and oxygen atoms in total. The van der Waals surface area contributed by atoms with Gasteiger partial charge in [0.1, 0.15) is 41.0 Å². The number of rotatable bonds is 8. The number of likely N-dealkylation sites (N-methyl/N-ethyl adjacent to an activating group) is 1. The summed E-state index contributed by atoms with van der Waals surface area (Å²) in [7, 11) is 0. The van der Waals surface area contributed by atoms with E-state index in [4.69, 9.17) is 10.5 Å². The van der Waals surface area contributed by atoms with Gasteiger partial charge in [-0.2, -0.15) is 28.4 Å². The smallest absolute Gasteiger partial charge is 0.417 e. The molecule has 3 atom stereocenters. The van der Waals surface area contributed by atoms with Crippen LogP contribution in [0.25, 0.3) is 32.1 Å². The number of nitrogens with two attached hydrogens (primary N) is 1. The lowest BCUT2D eigenvalue weighted by Crippen LogP contribution is -2.43. The van der Waals surface area contributed by atoms with Crippen molar-refractivity contribution in [2.24, 2.45) is 0 Å². The quantitative estimate of drug-likeness (QED) is 0.150. The molecule has 0 aliphatic carbocycles. The summed E-state index contributed by atoms with van der Waals surface area (Å²) in [5, 5.41) is 9.07. The lowest BCUT2D eigenvalue weighted by molar-refractivity contribution is -0.137. The van der Waals surface area contributed by atoms with Gasteiger partial charge >= 0.3 is 12.2 Å². The Morgan fingerprint density at radius 1 is 1.25 bits per heavy atom. The molecule has 0 spiro atoms. The minimum atomic E-state index is -5.17. The van der Waals surface area contributed by atoms with E-state index < -0.39 is 69.5 Å². The van der Waals surface area contributed by atoms with Crippen LogP contribution in [0.5, 0.6) is 6.01 Å². The van der Waals surface area contributed by atoms with Gasteiger partial charge in [0.25, 0.3) is 5.91 Å². The molecule has 2 aromatic heterocycles. The zero-order chi connectivity index (χ0) is 37.3. The summed E-state index contributed by atoms with van der Waals surface area (Å²) >= 11 is 0.654. The normalized spacial score (nSPS) is 21.9. The number of fused-ring (bicyclic) bond motifs is 3. The number of alkyl halides is 4. The van der Waals surface area contributed by atoms with Gasteiger partial charge in [-0.25, -0.2) is 17.6 Å². The summed E-state index contributed by atoms with van der Waals surface area (Å²) in [4.78, 5) is 26.0. The molecule has 4 aromatic rings. The number of nitriles is 1. The number of ether oxygens (including phenoxy) is 1. The number of halogens is 7. The fourth-order valence-corrected chi connectivity index (χ4v) is 9.00. The molecule has 1 amide bonds. The molecule has 7 rings (SSSR count). The number of nitrogens with zero attached hydrogens (tertiary/aromatic N) is 6. The number of likely N-dealkylation sites (tertiary alicyclic amines) is 1. The van der Waals surface area contributed by atoms with E-state index in [2.05, 4.69) is 16.5 Å². The highest BCUT2D eigenvalue weighted by molar-refractivity contribution is 7.23. The highest BCUT2D eigenvalue weighted by Gasteiger charge is 2.49. The molecular weight excluding hydrogens is 715 g/mol. The highest BCUT2D eigenvalue weighted by Crippen LogP contribution is 2.48. The molecule has 3 saturated heterocycles. The Bertz CT molecular complexity index is 2170. The fraction of sp³-hybridized carbons (Fsp3) is 0.429. The molecule has 3 fully saturated rings. The summed E-state index contributed by atoms with van der Waals surface area (Å²) in [5.74, 6) is -4.51. The molecule has 0 saturated carbocycles. The van der Waals surface area contributed by atoms with Crippen molar-refractivity contribution in [3.05, 3.63) is 53.4 Å². The topological polar surface area (TPSA) is 112 Å². The molecule has 0 bridgehead atoms. The largest absolute Gasteiger partial charge is 0.461 e. The number of amides is 1. The van der Waals surface area contributed by atoms with Crippen molar-refractivity contribution in [3.63, 3.8) is 0 Å². The number of carbonyl (C=O) groups is 1. The van der Waals surface area contributed by atoms with E-state index in [0.29, 0.717) is 30.4 Å². The van der Waals surface area contributed by atoms with Crippen molar-refractivity contribution in [2.75, 3.05) is 50.0 Å².